The van der Waals surface area contributed by atoms with E-state index in [9.17, 15) is 4.79 Å². The summed E-state index contributed by atoms with van der Waals surface area (Å²) in [5, 5.41) is 2.79. The first-order valence-corrected chi connectivity index (χ1v) is 7.42. The maximum atomic E-state index is 11.0. The van der Waals surface area contributed by atoms with E-state index < -0.39 is 0 Å². The number of likely N-dealkylation sites (tertiary alicyclic amines) is 1. The summed E-state index contributed by atoms with van der Waals surface area (Å²) in [4.78, 5) is 13.5. The third kappa shape index (κ3) is 4.05. The minimum absolute atomic E-state index is 0.0363. The number of piperidine rings is 1. The molecule has 1 saturated heterocycles. The Hall–Kier alpha value is -1.39. The van der Waals surface area contributed by atoms with Crippen LogP contribution in [0.4, 0.5) is 5.69 Å². The molecule has 2 rings (SSSR count). The van der Waals surface area contributed by atoms with Crippen LogP contribution < -0.4 is 11.1 Å². The highest BCUT2D eigenvalue weighted by Crippen LogP contribution is 2.22. The molecular formula is C16H25N3O. The summed E-state index contributed by atoms with van der Waals surface area (Å²) in [5.41, 5.74) is 8.22. The highest BCUT2D eigenvalue weighted by molar-refractivity contribution is 5.88. The molecule has 3 N–H and O–H groups in total. The molecule has 20 heavy (non-hydrogen) atoms. The Labute approximate surface area is 121 Å². The van der Waals surface area contributed by atoms with Crippen LogP contribution >= 0.6 is 0 Å². The molecule has 4 heteroatoms. The van der Waals surface area contributed by atoms with Gasteiger partial charge in [0.2, 0.25) is 5.91 Å². The van der Waals surface area contributed by atoms with E-state index in [1.54, 1.807) is 0 Å². The van der Waals surface area contributed by atoms with Crippen molar-refractivity contribution in [3.63, 3.8) is 0 Å². The standard InChI is InChI=1S/C16H25N3O/c1-12(17)16-5-3-4-10-19(16)11-14-6-8-15(9-7-14)18-13(2)20/h6-9,12,16H,3-5,10-11,17H2,1-2H3,(H,18,20). The fourth-order valence-corrected chi connectivity index (χ4v) is 2.94. The normalized spacial score (nSPS) is 21.4. The highest BCUT2D eigenvalue weighted by atomic mass is 16.1. The number of carbonyl (C=O) groups is 1. The summed E-state index contributed by atoms with van der Waals surface area (Å²) in [5.74, 6) is -0.0363. The van der Waals surface area contributed by atoms with Gasteiger partial charge in [-0.2, -0.15) is 0 Å². The van der Waals surface area contributed by atoms with E-state index in [-0.39, 0.29) is 11.9 Å². The van der Waals surface area contributed by atoms with Gasteiger partial charge >= 0.3 is 0 Å². The number of anilines is 1. The number of hydrogen-bond acceptors (Lipinski definition) is 3. The van der Waals surface area contributed by atoms with Crippen LogP contribution in [0.5, 0.6) is 0 Å². The molecule has 1 aliphatic rings. The van der Waals surface area contributed by atoms with Crippen molar-refractivity contribution >= 4 is 11.6 Å². The zero-order valence-corrected chi connectivity index (χ0v) is 12.4. The van der Waals surface area contributed by atoms with Crippen LogP contribution in [0, 0.1) is 0 Å². The van der Waals surface area contributed by atoms with Crippen molar-refractivity contribution in [2.24, 2.45) is 5.73 Å². The molecule has 1 fully saturated rings. The molecule has 0 saturated carbocycles. The molecule has 0 radical (unpaired) electrons. The van der Waals surface area contributed by atoms with Gasteiger partial charge in [-0.15, -0.1) is 0 Å². The zero-order valence-electron chi connectivity index (χ0n) is 12.4. The lowest BCUT2D eigenvalue weighted by Gasteiger charge is -2.38. The Kier molecular flexibility index (Phi) is 5.15. The van der Waals surface area contributed by atoms with E-state index in [1.807, 2.05) is 12.1 Å². The minimum atomic E-state index is -0.0363. The van der Waals surface area contributed by atoms with Gasteiger partial charge in [0.25, 0.3) is 0 Å². The largest absolute Gasteiger partial charge is 0.327 e. The summed E-state index contributed by atoms with van der Waals surface area (Å²) in [6.45, 7) is 5.68. The third-order valence-corrected chi connectivity index (χ3v) is 3.93. The number of benzene rings is 1. The number of carbonyl (C=O) groups excluding carboxylic acids is 1. The molecule has 110 valence electrons. The van der Waals surface area contributed by atoms with Gasteiger partial charge in [-0.3, -0.25) is 9.69 Å². The first-order valence-electron chi connectivity index (χ1n) is 7.42. The average Bonchev–Trinajstić information content (AvgIpc) is 2.41. The highest BCUT2D eigenvalue weighted by Gasteiger charge is 2.25. The first-order chi connectivity index (χ1) is 9.56. The number of hydrogen-bond donors (Lipinski definition) is 2. The smallest absolute Gasteiger partial charge is 0.221 e. The van der Waals surface area contributed by atoms with Gasteiger partial charge in [0.05, 0.1) is 0 Å². The SMILES string of the molecule is CC(=O)Nc1ccc(CN2CCCCC2C(C)N)cc1. The minimum Gasteiger partial charge on any atom is -0.327 e. The molecule has 0 aliphatic carbocycles. The van der Waals surface area contributed by atoms with Gasteiger partial charge in [-0.1, -0.05) is 18.6 Å². The maximum Gasteiger partial charge on any atom is 0.221 e. The summed E-state index contributed by atoms with van der Waals surface area (Å²) < 4.78 is 0. The van der Waals surface area contributed by atoms with Crippen molar-refractivity contribution in [2.45, 2.75) is 51.7 Å². The van der Waals surface area contributed by atoms with Crippen molar-refractivity contribution in [1.29, 1.82) is 0 Å². The molecule has 0 aromatic heterocycles. The van der Waals surface area contributed by atoms with Crippen LogP contribution in [0.1, 0.15) is 38.7 Å². The van der Waals surface area contributed by atoms with E-state index >= 15 is 0 Å². The van der Waals surface area contributed by atoms with Gasteiger partial charge in [-0.25, -0.2) is 0 Å². The fraction of sp³-hybridized carbons (Fsp3) is 0.562. The molecular weight excluding hydrogens is 250 g/mol. The Morgan fingerprint density at radius 2 is 2.10 bits per heavy atom. The van der Waals surface area contributed by atoms with Gasteiger partial charge in [0, 0.05) is 31.2 Å². The monoisotopic (exact) mass is 275 g/mol. The Bertz CT molecular complexity index is 442. The second-order valence-corrected chi connectivity index (χ2v) is 5.77. The van der Waals surface area contributed by atoms with Crippen LogP contribution in [-0.4, -0.2) is 29.4 Å². The molecule has 1 aromatic carbocycles. The zero-order chi connectivity index (χ0) is 14.5. The topological polar surface area (TPSA) is 58.4 Å². The molecule has 0 bridgehead atoms. The number of amides is 1. The number of rotatable bonds is 4. The number of nitrogens with zero attached hydrogens (tertiary/aromatic N) is 1. The molecule has 1 aromatic rings. The molecule has 2 atom stereocenters. The lowest BCUT2D eigenvalue weighted by molar-refractivity contribution is -0.114. The number of nitrogens with one attached hydrogen (secondary N) is 1. The molecule has 1 amide bonds. The quantitative estimate of drug-likeness (QED) is 0.887. The van der Waals surface area contributed by atoms with E-state index in [4.69, 9.17) is 5.73 Å². The first kappa shape index (κ1) is 15.0. The van der Waals surface area contributed by atoms with Crippen molar-refractivity contribution in [3.05, 3.63) is 29.8 Å². The molecule has 2 unspecified atom stereocenters. The second-order valence-electron chi connectivity index (χ2n) is 5.77. The van der Waals surface area contributed by atoms with Crippen molar-refractivity contribution in [1.82, 2.24) is 4.90 Å². The van der Waals surface area contributed by atoms with E-state index in [0.29, 0.717) is 6.04 Å². The van der Waals surface area contributed by atoms with Crippen LogP contribution in [0.2, 0.25) is 0 Å². The van der Waals surface area contributed by atoms with Gasteiger partial charge in [0.1, 0.15) is 0 Å². The van der Waals surface area contributed by atoms with Crippen molar-refractivity contribution < 1.29 is 4.79 Å². The molecule has 1 heterocycles. The summed E-state index contributed by atoms with van der Waals surface area (Å²) in [7, 11) is 0. The lowest BCUT2D eigenvalue weighted by atomic mass is 9.96. The van der Waals surface area contributed by atoms with Gasteiger partial charge in [0.15, 0.2) is 0 Å². The van der Waals surface area contributed by atoms with Gasteiger partial charge in [-0.05, 0) is 44.0 Å². The third-order valence-electron chi connectivity index (χ3n) is 3.93. The predicted molar refractivity (Wildman–Crippen MR) is 82.4 cm³/mol. The van der Waals surface area contributed by atoms with E-state index in [2.05, 4.69) is 29.3 Å². The van der Waals surface area contributed by atoms with Crippen LogP contribution in [0.25, 0.3) is 0 Å². The second kappa shape index (κ2) is 6.86. The molecule has 1 aliphatic heterocycles. The summed E-state index contributed by atoms with van der Waals surface area (Å²) in [6, 6.07) is 8.78. The number of nitrogens with two attached hydrogens (primary N) is 1. The fourth-order valence-electron chi connectivity index (χ4n) is 2.94. The lowest BCUT2D eigenvalue weighted by Crippen LogP contribution is -2.48. The summed E-state index contributed by atoms with van der Waals surface area (Å²) >= 11 is 0. The van der Waals surface area contributed by atoms with Crippen molar-refractivity contribution in [2.75, 3.05) is 11.9 Å². The maximum absolute atomic E-state index is 11.0. The molecule has 0 spiro atoms. The Morgan fingerprint density at radius 3 is 2.70 bits per heavy atom. The van der Waals surface area contributed by atoms with E-state index in [1.165, 1.54) is 31.7 Å². The van der Waals surface area contributed by atoms with Crippen LogP contribution in [0.15, 0.2) is 24.3 Å². The molecule has 4 nitrogen and oxygen atoms in total. The Balaban J connectivity index is 1.99. The van der Waals surface area contributed by atoms with E-state index in [0.717, 1.165) is 18.8 Å². The summed E-state index contributed by atoms with van der Waals surface area (Å²) in [6.07, 6.45) is 3.74. The van der Waals surface area contributed by atoms with Crippen LogP contribution in [0.3, 0.4) is 0 Å². The Morgan fingerprint density at radius 1 is 1.40 bits per heavy atom. The van der Waals surface area contributed by atoms with Crippen LogP contribution in [-0.2, 0) is 11.3 Å². The predicted octanol–water partition coefficient (Wildman–Crippen LogP) is 2.35. The average molecular weight is 275 g/mol. The van der Waals surface area contributed by atoms with Gasteiger partial charge < -0.3 is 11.1 Å². The van der Waals surface area contributed by atoms with Crippen molar-refractivity contribution in [3.8, 4) is 0 Å².